The van der Waals surface area contributed by atoms with Crippen LogP contribution in [-0.2, 0) is 50.9 Å². The standard InChI is InChI=1S/C19H38O8SSi3.C13H32O4Si3.C6H6O4S.2Na/c1-29(2,3)26-31(7,27-30(4,5)6)14-8-13-24-15-17(20)16-25-18-9-11-19(12-10-18)28(21,22)23;1-18(2,3)16-20(7,17-19(4,5)6)10-8-9-14-11-13-12-15-13;7-5-1-3-6(4-2-5)11(8,9)10;;/h9-12,17,20H,8,13-16H2,1-7H3,(H,21,22,23);13H,8-12H2,1-7H3;1-4,7H,(H,8,9,10);;/q;;;2*+1/p-2. The predicted octanol–water partition coefficient (Wildman–Crippen LogP) is 1.38. The number of ether oxygens (including phenoxy) is 4. The van der Waals surface area contributed by atoms with E-state index in [1.807, 2.05) is 0 Å². The van der Waals surface area contributed by atoms with E-state index < -0.39 is 76.7 Å². The van der Waals surface area contributed by atoms with Crippen LogP contribution >= 0.6 is 0 Å². The molecule has 0 bridgehead atoms. The molecule has 1 aliphatic heterocycles. The van der Waals surface area contributed by atoms with Gasteiger partial charge < -0.3 is 54.7 Å². The molecule has 2 aromatic carbocycles. The van der Waals surface area contributed by atoms with E-state index >= 15 is 0 Å². The van der Waals surface area contributed by atoms with Crippen molar-refractivity contribution in [3.63, 3.8) is 0 Å². The Labute approximate surface area is 435 Å². The summed E-state index contributed by atoms with van der Waals surface area (Å²) in [5, 5.41) is 18.8. The Balaban J connectivity index is 0. The van der Waals surface area contributed by atoms with Crippen LogP contribution in [0.5, 0.6) is 11.5 Å². The second kappa shape index (κ2) is 29.2. The average molecular weight is 1070 g/mol. The number of hydrogen-bond acceptors (Lipinski definition) is 16. The number of epoxide rings is 1. The summed E-state index contributed by atoms with van der Waals surface area (Å²) in [6.07, 6.45) is 1.33. The van der Waals surface area contributed by atoms with Gasteiger partial charge in [0.15, 0.2) is 33.3 Å². The Morgan fingerprint density at radius 1 is 0.609 bits per heavy atom. The normalized spacial score (nSPS) is 15.3. The molecule has 64 heavy (non-hydrogen) atoms. The molecule has 2 unspecified atom stereocenters. The zero-order chi connectivity index (χ0) is 47.8. The Kier molecular flexibility index (Phi) is 30.6. The topological polar surface area (TPSA) is 232 Å². The molecule has 3 rings (SSSR count). The van der Waals surface area contributed by atoms with Gasteiger partial charge in [-0.3, -0.25) is 0 Å². The Morgan fingerprint density at radius 3 is 1.28 bits per heavy atom. The van der Waals surface area contributed by atoms with Crippen molar-refractivity contribution in [3.8, 4) is 11.5 Å². The Morgan fingerprint density at radius 2 is 0.953 bits per heavy atom. The fourth-order valence-electron chi connectivity index (χ4n) is 5.98. The number of aliphatic hydroxyl groups is 1. The molecule has 26 heteroatoms. The third kappa shape index (κ3) is 35.0. The summed E-state index contributed by atoms with van der Waals surface area (Å²) in [4.78, 5) is -0.661. The van der Waals surface area contributed by atoms with Crippen molar-refractivity contribution < 1.29 is 131 Å². The van der Waals surface area contributed by atoms with Gasteiger partial charge in [0.1, 0.15) is 50.6 Å². The maximum absolute atomic E-state index is 10.9. The zero-order valence-corrected chi connectivity index (χ0v) is 52.9. The first-order valence-corrected chi connectivity index (χ1v) is 42.2. The molecule has 2 N–H and O–H groups in total. The van der Waals surface area contributed by atoms with Gasteiger partial charge in [-0.25, -0.2) is 16.8 Å². The second-order valence-electron chi connectivity index (χ2n) is 19.3. The SMILES string of the molecule is C[Si](C)(C)O[Si](C)(CCCOCC(O)COc1ccc(S(=O)(=O)[O-])cc1)O[Si](C)(C)C.C[Si](C)(C)O[Si](C)(CCCOCC1CO1)O[Si](C)(C)C.O=S(=O)([O-])c1ccc(O)cc1.[Na+].[Na+]. The fraction of sp³-hybridized carbons (Fsp3) is 0.684. The maximum Gasteiger partial charge on any atom is 1.00 e. The molecule has 16 nitrogen and oxygen atoms in total. The molecule has 1 aliphatic rings. The van der Waals surface area contributed by atoms with Crippen molar-refractivity contribution >= 4 is 70.6 Å². The van der Waals surface area contributed by atoms with E-state index in [2.05, 4.69) is 91.7 Å². The predicted molar refractivity (Wildman–Crippen MR) is 253 cm³/mol. The molecule has 360 valence electrons. The van der Waals surface area contributed by atoms with Crippen molar-refractivity contribution in [2.45, 2.75) is 139 Å². The minimum absolute atomic E-state index is 0. The molecular formula is C38H74Na2O16S2Si6. The van der Waals surface area contributed by atoms with Crippen molar-refractivity contribution in [1.29, 1.82) is 0 Å². The van der Waals surface area contributed by atoms with E-state index in [0.29, 0.717) is 18.5 Å². The van der Waals surface area contributed by atoms with Gasteiger partial charge in [-0.2, -0.15) is 0 Å². The summed E-state index contributed by atoms with van der Waals surface area (Å²) < 4.78 is 111. The number of rotatable bonds is 25. The molecular weight excluding hydrogens is 991 g/mol. The van der Waals surface area contributed by atoms with Crippen LogP contribution in [0.4, 0.5) is 0 Å². The van der Waals surface area contributed by atoms with Crippen LogP contribution < -0.4 is 63.9 Å². The van der Waals surface area contributed by atoms with Gasteiger partial charge in [0.25, 0.3) is 0 Å². The first kappa shape index (κ1) is 66.9. The van der Waals surface area contributed by atoms with Gasteiger partial charge in [-0.1, -0.05) is 0 Å². The van der Waals surface area contributed by atoms with Crippen molar-refractivity contribution in [1.82, 2.24) is 0 Å². The number of benzene rings is 2. The second-order valence-corrected chi connectivity index (χ2v) is 47.7. The van der Waals surface area contributed by atoms with Crippen LogP contribution in [0.25, 0.3) is 0 Å². The summed E-state index contributed by atoms with van der Waals surface area (Å²) in [6.45, 7) is 33.8. The summed E-state index contributed by atoms with van der Waals surface area (Å²) in [7, 11) is -19.8. The van der Waals surface area contributed by atoms with Gasteiger partial charge >= 0.3 is 76.2 Å². The summed E-state index contributed by atoms with van der Waals surface area (Å²) in [5.41, 5.74) is 0. The van der Waals surface area contributed by atoms with Crippen LogP contribution in [0.3, 0.4) is 0 Å². The molecule has 1 fully saturated rings. The van der Waals surface area contributed by atoms with E-state index in [0.717, 1.165) is 69.0 Å². The van der Waals surface area contributed by atoms with E-state index in [1.165, 1.54) is 24.3 Å². The van der Waals surface area contributed by atoms with Gasteiger partial charge in [-0.15, -0.1) is 0 Å². The quantitative estimate of drug-likeness (QED) is 0.0619. The van der Waals surface area contributed by atoms with Gasteiger partial charge in [0.05, 0.1) is 29.6 Å². The molecule has 2 aromatic rings. The Hall–Kier alpha value is 0.841. The van der Waals surface area contributed by atoms with E-state index in [9.17, 15) is 31.0 Å². The van der Waals surface area contributed by atoms with Crippen molar-refractivity contribution in [2.75, 3.05) is 39.6 Å². The van der Waals surface area contributed by atoms with Crippen LogP contribution in [0.1, 0.15) is 12.8 Å². The van der Waals surface area contributed by atoms with Gasteiger partial charge in [-0.05, 0) is 165 Å². The number of aromatic hydroxyl groups is 1. The number of phenolic OH excluding ortho intramolecular Hbond substituents is 1. The largest absolute Gasteiger partial charge is 1.00 e. The number of hydrogen-bond donors (Lipinski definition) is 2. The third-order valence-corrected chi connectivity index (χ3v) is 28.6. The van der Waals surface area contributed by atoms with Crippen molar-refractivity contribution in [2.24, 2.45) is 0 Å². The van der Waals surface area contributed by atoms with E-state index in [1.54, 1.807) is 0 Å². The van der Waals surface area contributed by atoms with E-state index in [-0.39, 0.29) is 87.9 Å². The molecule has 1 heterocycles. The summed E-state index contributed by atoms with van der Waals surface area (Å²) in [5.74, 6) is 0.289. The summed E-state index contributed by atoms with van der Waals surface area (Å²) >= 11 is 0. The van der Waals surface area contributed by atoms with Crippen LogP contribution in [-0.4, -0.2) is 138 Å². The zero-order valence-electron chi connectivity index (χ0n) is 41.3. The number of phenols is 1. The van der Waals surface area contributed by atoms with Crippen LogP contribution in [0.2, 0.25) is 104 Å². The smallest absolute Gasteiger partial charge is 0.744 e. The van der Waals surface area contributed by atoms with Gasteiger partial charge in [0.2, 0.25) is 0 Å². The molecule has 2 atom stereocenters. The van der Waals surface area contributed by atoms with Crippen molar-refractivity contribution in [3.05, 3.63) is 48.5 Å². The van der Waals surface area contributed by atoms with Gasteiger partial charge in [0, 0.05) is 13.2 Å². The minimum Gasteiger partial charge on any atom is -0.744 e. The first-order valence-electron chi connectivity index (χ1n) is 20.7. The average Bonchev–Trinajstić information content (AvgIpc) is 3.88. The van der Waals surface area contributed by atoms with E-state index in [4.69, 9.17) is 40.5 Å². The monoisotopic (exact) mass is 1060 g/mol. The van der Waals surface area contributed by atoms with Crippen LogP contribution in [0.15, 0.2) is 58.3 Å². The molecule has 0 aliphatic carbocycles. The molecule has 0 spiro atoms. The Bertz CT molecular complexity index is 1790. The molecule has 1 saturated heterocycles. The molecule has 0 amide bonds. The maximum atomic E-state index is 10.9. The third-order valence-electron chi connectivity index (χ3n) is 7.62. The summed E-state index contributed by atoms with van der Waals surface area (Å²) in [6, 6.07) is 11.3. The molecule has 0 aromatic heterocycles. The minimum atomic E-state index is -4.49. The van der Waals surface area contributed by atoms with Crippen LogP contribution in [0, 0.1) is 0 Å². The molecule has 0 radical (unpaired) electrons. The first-order chi connectivity index (χ1) is 28.0. The fourth-order valence-corrected chi connectivity index (χ4v) is 31.9. The molecule has 0 saturated carbocycles. The number of aliphatic hydroxyl groups excluding tert-OH is 1.